The third-order valence-corrected chi connectivity index (χ3v) is 4.91. The Morgan fingerprint density at radius 3 is 2.31 bits per heavy atom. The average molecular weight is 265 g/mol. The molecule has 0 aromatic heterocycles. The Bertz CT molecular complexity index is 410. The molecular weight excluding hydrogens is 246 g/mol. The van der Waals surface area contributed by atoms with E-state index in [2.05, 4.69) is 0 Å². The van der Waals surface area contributed by atoms with Crippen LogP contribution in [0.4, 0.5) is 0 Å². The summed E-state index contributed by atoms with van der Waals surface area (Å²) in [7, 11) is -1.37. The molecular formula is C10H19NO3S2. The Kier molecular flexibility index (Phi) is 3.54. The van der Waals surface area contributed by atoms with Crippen LogP contribution in [0.15, 0.2) is 11.6 Å². The molecule has 1 N–H and O–H groups in total. The lowest BCUT2D eigenvalue weighted by molar-refractivity contribution is -0.185. The molecule has 0 radical (unpaired) electrons. The van der Waals surface area contributed by atoms with Gasteiger partial charge in [-0.05, 0) is 33.3 Å². The van der Waals surface area contributed by atoms with E-state index in [0.29, 0.717) is 0 Å². The molecule has 0 bridgehead atoms. The maximum atomic E-state index is 11.8. The minimum atomic E-state index is -2.72. The predicted octanol–water partition coefficient (Wildman–Crippen LogP) is 1.48. The molecule has 0 aliphatic carbocycles. The van der Waals surface area contributed by atoms with Crippen molar-refractivity contribution in [2.24, 2.45) is 0 Å². The standard InChI is InChI=1S/C10H19NO3S2/c1-9(2)6-8(7-16(13,15)14-5)10(3,4)11(9)12/h6,12H,7H2,1-5H3. The van der Waals surface area contributed by atoms with Crippen LogP contribution >= 0.6 is 0 Å². The largest absolute Gasteiger partial charge is 0.312 e. The second-order valence-corrected chi connectivity index (χ2v) is 8.32. The molecule has 1 unspecified atom stereocenters. The first-order valence-electron chi connectivity index (χ1n) is 5.03. The summed E-state index contributed by atoms with van der Waals surface area (Å²) < 4.78 is 16.6. The number of hydrogen-bond donors (Lipinski definition) is 1. The SMILES string of the molecule is COS(=O)(=S)CC1=CC(C)(C)N(O)C1(C)C. The van der Waals surface area contributed by atoms with Crippen LogP contribution in [-0.2, 0) is 24.1 Å². The number of hydrogen-bond acceptors (Lipinski definition) is 5. The lowest BCUT2D eigenvalue weighted by Gasteiger charge is -2.36. The summed E-state index contributed by atoms with van der Waals surface area (Å²) in [6.45, 7) is 7.52. The van der Waals surface area contributed by atoms with Gasteiger partial charge in [-0.1, -0.05) is 6.08 Å². The zero-order chi connectivity index (χ0) is 12.8. The fourth-order valence-corrected chi connectivity index (χ4v) is 3.30. The molecule has 4 nitrogen and oxygen atoms in total. The molecule has 1 aliphatic rings. The van der Waals surface area contributed by atoms with Crippen molar-refractivity contribution in [2.75, 3.05) is 12.9 Å². The molecule has 16 heavy (non-hydrogen) atoms. The molecule has 1 atom stereocenters. The number of nitrogens with zero attached hydrogens (tertiary/aromatic N) is 1. The van der Waals surface area contributed by atoms with Crippen molar-refractivity contribution >= 4 is 20.0 Å². The molecule has 1 heterocycles. The maximum Gasteiger partial charge on any atom is 0.147 e. The molecule has 94 valence electrons. The molecule has 0 fully saturated rings. The van der Waals surface area contributed by atoms with Crippen molar-refractivity contribution < 1.29 is 13.6 Å². The number of rotatable bonds is 3. The van der Waals surface area contributed by atoms with E-state index in [4.69, 9.17) is 15.4 Å². The van der Waals surface area contributed by atoms with Crippen LogP contribution in [0.2, 0.25) is 0 Å². The fraction of sp³-hybridized carbons (Fsp3) is 0.800. The highest BCUT2D eigenvalue weighted by Gasteiger charge is 2.45. The number of hydroxylamine groups is 2. The van der Waals surface area contributed by atoms with Gasteiger partial charge >= 0.3 is 0 Å². The highest BCUT2D eigenvalue weighted by atomic mass is 32.8. The summed E-state index contributed by atoms with van der Waals surface area (Å²) in [4.78, 5) is 0. The predicted molar refractivity (Wildman–Crippen MR) is 67.2 cm³/mol. The van der Waals surface area contributed by atoms with E-state index < -0.39 is 19.9 Å². The minimum absolute atomic E-state index is 0.173. The Morgan fingerprint density at radius 1 is 1.50 bits per heavy atom. The van der Waals surface area contributed by atoms with Gasteiger partial charge in [0.1, 0.15) is 8.77 Å². The molecule has 0 saturated carbocycles. The van der Waals surface area contributed by atoms with Crippen LogP contribution in [0, 0.1) is 0 Å². The first-order chi connectivity index (χ1) is 7.03. The quantitative estimate of drug-likeness (QED) is 0.783. The van der Waals surface area contributed by atoms with Crippen molar-refractivity contribution in [2.45, 2.75) is 38.8 Å². The van der Waals surface area contributed by atoms with Crippen molar-refractivity contribution in [3.05, 3.63) is 11.6 Å². The Morgan fingerprint density at radius 2 is 2.00 bits per heavy atom. The van der Waals surface area contributed by atoms with E-state index in [1.807, 2.05) is 33.8 Å². The average Bonchev–Trinajstić information content (AvgIpc) is 2.27. The summed E-state index contributed by atoms with van der Waals surface area (Å²) in [6, 6.07) is 0. The zero-order valence-corrected chi connectivity index (χ0v) is 11.9. The first-order valence-corrected chi connectivity index (χ1v) is 7.60. The summed E-state index contributed by atoms with van der Waals surface area (Å²) in [6.07, 6.45) is 1.90. The summed E-state index contributed by atoms with van der Waals surface area (Å²) >= 11 is 4.86. The summed E-state index contributed by atoms with van der Waals surface area (Å²) in [5, 5.41) is 11.3. The Labute approximate surface area is 102 Å². The van der Waals surface area contributed by atoms with Gasteiger partial charge in [-0.3, -0.25) is 4.18 Å². The van der Waals surface area contributed by atoms with Gasteiger partial charge < -0.3 is 5.21 Å². The normalized spacial score (nSPS) is 27.5. The van der Waals surface area contributed by atoms with E-state index in [9.17, 15) is 9.42 Å². The van der Waals surface area contributed by atoms with Crippen molar-refractivity contribution in [3.8, 4) is 0 Å². The molecule has 0 aromatic carbocycles. The van der Waals surface area contributed by atoms with Gasteiger partial charge in [-0.25, -0.2) is 4.21 Å². The third-order valence-electron chi connectivity index (χ3n) is 2.97. The van der Waals surface area contributed by atoms with E-state index >= 15 is 0 Å². The van der Waals surface area contributed by atoms with Crippen LogP contribution in [-0.4, -0.2) is 38.4 Å². The smallest absolute Gasteiger partial charge is 0.147 e. The fourth-order valence-electron chi connectivity index (χ4n) is 1.99. The maximum absolute atomic E-state index is 11.8. The lowest BCUT2D eigenvalue weighted by atomic mass is 9.98. The molecule has 1 rings (SSSR count). The second kappa shape index (κ2) is 4.03. The van der Waals surface area contributed by atoms with Crippen molar-refractivity contribution in [1.29, 1.82) is 0 Å². The molecule has 0 spiro atoms. The third kappa shape index (κ3) is 2.46. The molecule has 0 saturated heterocycles. The van der Waals surface area contributed by atoms with Crippen LogP contribution < -0.4 is 0 Å². The van der Waals surface area contributed by atoms with E-state index in [1.165, 1.54) is 12.2 Å². The van der Waals surface area contributed by atoms with Gasteiger partial charge in [0, 0.05) is 11.2 Å². The van der Waals surface area contributed by atoms with E-state index in [-0.39, 0.29) is 5.75 Å². The van der Waals surface area contributed by atoms with Crippen molar-refractivity contribution in [1.82, 2.24) is 5.06 Å². The van der Waals surface area contributed by atoms with Crippen LogP contribution in [0.5, 0.6) is 0 Å². The lowest BCUT2D eigenvalue weighted by Crippen LogP contribution is -2.48. The zero-order valence-electron chi connectivity index (χ0n) is 10.3. The summed E-state index contributed by atoms with van der Waals surface area (Å²) in [5.74, 6) is 0.173. The van der Waals surface area contributed by atoms with Crippen LogP contribution in [0.25, 0.3) is 0 Å². The van der Waals surface area contributed by atoms with Gasteiger partial charge in [0.2, 0.25) is 0 Å². The van der Waals surface area contributed by atoms with Crippen LogP contribution in [0.3, 0.4) is 0 Å². The highest BCUT2D eigenvalue weighted by molar-refractivity contribution is 8.30. The van der Waals surface area contributed by atoms with Gasteiger partial charge in [0.15, 0.2) is 0 Å². The van der Waals surface area contributed by atoms with Crippen LogP contribution in [0.1, 0.15) is 27.7 Å². The topological polar surface area (TPSA) is 49.8 Å². The van der Waals surface area contributed by atoms with Gasteiger partial charge in [0.05, 0.1) is 23.9 Å². The monoisotopic (exact) mass is 265 g/mol. The second-order valence-electron chi connectivity index (χ2n) is 5.06. The van der Waals surface area contributed by atoms with Gasteiger partial charge in [0.25, 0.3) is 0 Å². The van der Waals surface area contributed by atoms with Crippen molar-refractivity contribution in [3.63, 3.8) is 0 Å². The minimum Gasteiger partial charge on any atom is -0.312 e. The summed E-state index contributed by atoms with van der Waals surface area (Å²) in [5.41, 5.74) is -0.192. The highest BCUT2D eigenvalue weighted by Crippen LogP contribution is 2.38. The Hall–Kier alpha value is -0.0100. The Balaban J connectivity index is 3.07. The van der Waals surface area contributed by atoms with Gasteiger partial charge in [-0.2, -0.15) is 5.06 Å². The molecule has 1 aliphatic heterocycles. The molecule has 0 amide bonds. The molecule has 6 heteroatoms. The van der Waals surface area contributed by atoms with E-state index in [1.54, 1.807) is 0 Å². The first kappa shape index (κ1) is 14.1. The molecule has 0 aromatic rings. The van der Waals surface area contributed by atoms with Gasteiger partial charge in [-0.15, -0.1) is 0 Å². The van der Waals surface area contributed by atoms with E-state index in [0.717, 1.165) is 5.57 Å².